The van der Waals surface area contributed by atoms with Gasteiger partial charge in [-0.3, -0.25) is 10.1 Å². The summed E-state index contributed by atoms with van der Waals surface area (Å²) in [6, 6.07) is 2.72. The average Bonchev–Trinajstić information content (AvgIpc) is 3.79. The Labute approximate surface area is 304 Å². The second-order valence-corrected chi connectivity index (χ2v) is 14.3. The fourth-order valence-corrected chi connectivity index (χ4v) is 7.10. The summed E-state index contributed by atoms with van der Waals surface area (Å²) >= 11 is 6.78. The normalized spacial score (nSPS) is 33.4. The van der Waals surface area contributed by atoms with Crippen molar-refractivity contribution in [2.24, 2.45) is 11.7 Å². The number of carbonyl (C=O) groups is 3. The monoisotopic (exact) mass is 736 g/mol. The Balaban J connectivity index is 1.76. The Bertz CT molecular complexity index is 1510. The number of methoxy groups -OCH3 is 2. The van der Waals surface area contributed by atoms with E-state index in [9.17, 15) is 24.6 Å². The number of carbonyl (C=O) groups excluding carboxylic acids is 3. The van der Waals surface area contributed by atoms with E-state index < -0.39 is 66.0 Å². The van der Waals surface area contributed by atoms with Crippen LogP contribution in [0.3, 0.4) is 0 Å². The summed E-state index contributed by atoms with van der Waals surface area (Å²) in [5.74, 6) is -1.04. The van der Waals surface area contributed by atoms with E-state index in [1.165, 1.54) is 26.2 Å². The summed E-state index contributed by atoms with van der Waals surface area (Å²) in [7, 11) is 6.14. The van der Waals surface area contributed by atoms with Gasteiger partial charge in [0.15, 0.2) is 5.72 Å². The summed E-state index contributed by atoms with van der Waals surface area (Å²) in [5, 5.41) is 26.2. The molecule has 2 saturated heterocycles. The number of hydrogen-bond acceptors (Lipinski definition) is 12. The number of nitrogens with one attached hydrogen (secondary N) is 1. The van der Waals surface area contributed by atoms with Gasteiger partial charge in [-0.25, -0.2) is 9.59 Å². The molecule has 5 N–H and O–H groups in total. The fourth-order valence-electron chi connectivity index (χ4n) is 6.78. The van der Waals surface area contributed by atoms with Crippen molar-refractivity contribution < 1.29 is 48.3 Å². The van der Waals surface area contributed by atoms with Gasteiger partial charge in [0.2, 0.25) is 5.91 Å². The first kappa shape index (κ1) is 40.4. The molecule has 3 aliphatic rings. The molecule has 0 aliphatic carbocycles. The maximum absolute atomic E-state index is 13.6. The van der Waals surface area contributed by atoms with Crippen molar-refractivity contribution in [3.8, 4) is 5.75 Å². The van der Waals surface area contributed by atoms with Crippen LogP contribution in [0.2, 0.25) is 5.02 Å². The summed E-state index contributed by atoms with van der Waals surface area (Å²) in [6.07, 6.45) is 0.819. The second-order valence-electron chi connectivity index (χ2n) is 14.0. The number of aliphatic hydroxyl groups excluding tert-OH is 1. The van der Waals surface area contributed by atoms with Crippen molar-refractivity contribution in [3.63, 3.8) is 0 Å². The van der Waals surface area contributed by atoms with Gasteiger partial charge in [0, 0.05) is 46.4 Å². The topological polar surface area (TPSA) is 186 Å². The summed E-state index contributed by atoms with van der Waals surface area (Å²) in [4.78, 5) is 42.1. The van der Waals surface area contributed by atoms with Gasteiger partial charge < -0.3 is 49.4 Å². The van der Waals surface area contributed by atoms with Crippen LogP contribution in [-0.2, 0) is 35.0 Å². The Hall–Kier alpha value is -3.40. The van der Waals surface area contributed by atoms with Crippen LogP contribution in [0.15, 0.2) is 35.9 Å². The largest absolute Gasteiger partial charge is 0.495 e. The minimum Gasteiger partial charge on any atom is -0.495 e. The fraction of sp³-hybridized carbons (Fsp3) is 0.639. The van der Waals surface area contributed by atoms with Crippen LogP contribution in [0.5, 0.6) is 5.75 Å². The van der Waals surface area contributed by atoms with Crippen LogP contribution >= 0.6 is 11.6 Å². The highest BCUT2D eigenvalue weighted by Crippen LogP contribution is 2.49. The van der Waals surface area contributed by atoms with E-state index in [0.29, 0.717) is 30.8 Å². The zero-order valence-corrected chi connectivity index (χ0v) is 31.4. The molecule has 15 heteroatoms. The highest BCUT2D eigenvalue weighted by Gasteiger charge is 2.64. The van der Waals surface area contributed by atoms with Gasteiger partial charge in [-0.1, -0.05) is 42.3 Å². The second kappa shape index (κ2) is 16.5. The van der Waals surface area contributed by atoms with Crippen molar-refractivity contribution in [1.82, 2.24) is 10.2 Å². The number of halogens is 1. The number of nitrogens with two attached hydrogens (primary N) is 1. The predicted molar refractivity (Wildman–Crippen MR) is 190 cm³/mol. The van der Waals surface area contributed by atoms with E-state index in [0.717, 1.165) is 11.1 Å². The van der Waals surface area contributed by atoms with Crippen molar-refractivity contribution in [3.05, 3.63) is 46.5 Å². The molecule has 9 atom stereocenters. The van der Waals surface area contributed by atoms with Crippen LogP contribution in [0.4, 0.5) is 10.5 Å². The molecule has 0 radical (unpaired) electrons. The number of amides is 2. The highest BCUT2D eigenvalue weighted by molar-refractivity contribution is 6.34. The number of ether oxygens (including phenoxy) is 5. The molecule has 2 unspecified atom stereocenters. The third-order valence-electron chi connectivity index (χ3n) is 10.3. The number of allylic oxidation sites excluding steroid dienone is 3. The lowest BCUT2D eigenvalue weighted by molar-refractivity contribution is -0.162. The summed E-state index contributed by atoms with van der Waals surface area (Å²) in [5.41, 5.74) is 4.89. The molecule has 0 spiro atoms. The van der Waals surface area contributed by atoms with Gasteiger partial charge in [0.25, 0.3) is 0 Å². The van der Waals surface area contributed by atoms with Crippen LogP contribution in [0.1, 0.15) is 58.9 Å². The van der Waals surface area contributed by atoms with Gasteiger partial charge in [-0.2, -0.15) is 0 Å². The standard InChI is InChI=1S/C36H53ClN4O10/c1-20-11-9-12-27(48-8)36(46)19-26(49-34(45)39-36)21(2)32-35(4,51-32)28(50-33(44)22(3)40(5)29(42)13-10-14-38)18-30(43)41(6)24-16-23(15-20)17-25(47-7)31(24)37/h9,11-12,16-17,21-22,26-28,30,32,43,46H,10,13-15,18-19,38H2,1-8H3,(H,39,45)/b12-9+,20-11+/t21-,22+,26+,27-,28?,30?,32+,35+,36+/m1/s1. The number of fused-ring (bicyclic) bond motifs is 5. The smallest absolute Gasteiger partial charge is 0.409 e. The van der Waals surface area contributed by atoms with Gasteiger partial charge in [0.1, 0.15) is 47.0 Å². The zero-order valence-electron chi connectivity index (χ0n) is 30.7. The van der Waals surface area contributed by atoms with Gasteiger partial charge in [-0.15, -0.1) is 0 Å². The highest BCUT2D eigenvalue weighted by atomic mass is 35.5. The molecule has 4 bridgehead atoms. The molecule has 1 aromatic rings. The molecular weight excluding hydrogens is 684 g/mol. The van der Waals surface area contributed by atoms with Crippen LogP contribution in [-0.4, -0.2) is 116 Å². The number of epoxide rings is 1. The average molecular weight is 737 g/mol. The van der Waals surface area contributed by atoms with Crippen LogP contribution in [0.25, 0.3) is 0 Å². The number of likely N-dealkylation sites (N-methyl/N-ethyl adjacent to an activating group) is 1. The van der Waals surface area contributed by atoms with Crippen LogP contribution < -0.4 is 20.7 Å². The maximum Gasteiger partial charge on any atom is 0.409 e. The lowest BCUT2D eigenvalue weighted by Crippen LogP contribution is -2.63. The number of anilines is 1. The molecule has 51 heavy (non-hydrogen) atoms. The number of benzene rings is 1. The third-order valence-corrected chi connectivity index (χ3v) is 10.7. The quantitative estimate of drug-likeness (QED) is 0.226. The van der Waals surface area contributed by atoms with E-state index in [-0.39, 0.29) is 30.2 Å². The van der Waals surface area contributed by atoms with Crippen molar-refractivity contribution in [2.45, 2.75) is 108 Å². The molecule has 2 fully saturated rings. The van der Waals surface area contributed by atoms with E-state index >= 15 is 0 Å². The number of aliphatic hydroxyl groups is 2. The molecule has 284 valence electrons. The minimum absolute atomic E-state index is 0.0337. The first-order valence-electron chi connectivity index (χ1n) is 17.2. The molecule has 2 amide bonds. The Morgan fingerprint density at radius 2 is 2.00 bits per heavy atom. The summed E-state index contributed by atoms with van der Waals surface area (Å²) < 4.78 is 29.3. The lowest BCUT2D eigenvalue weighted by atomic mass is 9.83. The molecule has 0 aromatic heterocycles. The van der Waals surface area contributed by atoms with Crippen molar-refractivity contribution >= 4 is 35.3 Å². The predicted octanol–water partition coefficient (Wildman–Crippen LogP) is 3.05. The molecule has 0 saturated carbocycles. The Morgan fingerprint density at radius 3 is 2.65 bits per heavy atom. The zero-order chi connectivity index (χ0) is 37.8. The van der Waals surface area contributed by atoms with Gasteiger partial charge in [-0.05, 0) is 57.9 Å². The number of esters is 1. The summed E-state index contributed by atoms with van der Waals surface area (Å²) in [6.45, 7) is 7.41. The van der Waals surface area contributed by atoms with E-state index in [2.05, 4.69) is 5.32 Å². The molecule has 4 rings (SSSR count). The van der Waals surface area contributed by atoms with Gasteiger partial charge in [0.05, 0.1) is 18.9 Å². The molecular formula is C36H53ClN4O10. The number of hydrogen-bond donors (Lipinski definition) is 4. The SMILES string of the molecule is COc1cc2cc(c1Cl)N(C)C(O)CC(OC(=O)[C@H](C)N(C)C(=O)CCCN)[C@]1(C)O[C@H]1[C@H](C)[C@@H]1C[C@@](O)(NC(=O)O1)[C@H](OC)/C=C/C=C(\C)C2. The van der Waals surface area contributed by atoms with Crippen molar-refractivity contribution in [2.75, 3.05) is 39.8 Å². The third kappa shape index (κ3) is 8.98. The van der Waals surface area contributed by atoms with Gasteiger partial charge >= 0.3 is 12.1 Å². The molecule has 3 aliphatic heterocycles. The first-order chi connectivity index (χ1) is 24.0. The number of nitrogens with zero attached hydrogens (tertiary/aromatic N) is 2. The van der Waals surface area contributed by atoms with Crippen molar-refractivity contribution in [1.29, 1.82) is 0 Å². The molecule has 14 nitrogen and oxygen atoms in total. The van der Waals surface area contributed by atoms with Crippen LogP contribution in [0, 0.1) is 5.92 Å². The lowest BCUT2D eigenvalue weighted by Gasteiger charge is -2.42. The minimum atomic E-state index is -1.81. The van der Waals surface area contributed by atoms with E-state index in [1.54, 1.807) is 37.9 Å². The molecule has 1 aromatic carbocycles. The van der Waals surface area contributed by atoms with E-state index in [4.69, 9.17) is 41.0 Å². The first-order valence-corrected chi connectivity index (χ1v) is 17.6. The number of alkyl carbamates (subject to hydrolysis) is 1. The Morgan fingerprint density at radius 1 is 1.29 bits per heavy atom. The molecule has 3 heterocycles. The maximum atomic E-state index is 13.6. The number of rotatable bonds is 8. The van der Waals surface area contributed by atoms with E-state index in [1.807, 2.05) is 32.1 Å². The Kier molecular flexibility index (Phi) is 13.1.